The number of rotatable bonds is 2. The first-order valence-corrected chi connectivity index (χ1v) is 6.65. The second kappa shape index (κ2) is 5.81. The Morgan fingerprint density at radius 2 is 2.15 bits per heavy atom. The monoisotopic (exact) mass is 297 g/mol. The van der Waals surface area contributed by atoms with Crippen molar-refractivity contribution >= 4 is 23.5 Å². The lowest BCUT2D eigenvalue weighted by Gasteiger charge is -2.22. The van der Waals surface area contributed by atoms with E-state index in [0.717, 1.165) is 5.56 Å². The number of benzene rings is 1. The molecule has 1 amide bonds. The maximum atomic E-state index is 12.5. The van der Waals surface area contributed by atoms with Gasteiger partial charge in [0.2, 0.25) is 0 Å². The van der Waals surface area contributed by atoms with Crippen LogP contribution in [0.2, 0.25) is 5.02 Å². The van der Waals surface area contributed by atoms with Crippen molar-refractivity contribution in [1.82, 2.24) is 4.90 Å². The van der Waals surface area contributed by atoms with E-state index in [1.54, 1.807) is 18.2 Å². The highest BCUT2D eigenvalue weighted by molar-refractivity contribution is 6.34. The minimum absolute atomic E-state index is 0.100. The highest BCUT2D eigenvalue weighted by Gasteiger charge is 2.40. The molecule has 1 aliphatic heterocycles. The molecule has 1 saturated heterocycles. The molecule has 1 aliphatic rings. The molecule has 0 radical (unpaired) electrons. The van der Waals surface area contributed by atoms with Crippen LogP contribution < -0.4 is 0 Å². The van der Waals surface area contributed by atoms with Gasteiger partial charge in [-0.25, -0.2) is 4.79 Å². The number of ether oxygens (including phenoxy) is 1. The summed E-state index contributed by atoms with van der Waals surface area (Å²) in [5.41, 5.74) is 1.26. The van der Waals surface area contributed by atoms with Crippen molar-refractivity contribution in [1.29, 1.82) is 0 Å². The lowest BCUT2D eigenvalue weighted by Crippen LogP contribution is -2.41. The fourth-order valence-electron chi connectivity index (χ4n) is 2.35. The third-order valence-electron chi connectivity index (χ3n) is 3.37. The van der Waals surface area contributed by atoms with Gasteiger partial charge in [0.1, 0.15) is 6.04 Å². The highest BCUT2D eigenvalue weighted by Crippen LogP contribution is 2.25. The van der Waals surface area contributed by atoms with Crippen molar-refractivity contribution in [3.05, 3.63) is 34.3 Å². The molecule has 6 heteroatoms. The van der Waals surface area contributed by atoms with Crippen LogP contribution in [0.15, 0.2) is 18.2 Å². The van der Waals surface area contributed by atoms with E-state index in [4.69, 9.17) is 11.6 Å². The number of likely N-dealkylation sites (tertiary alicyclic amines) is 1. The van der Waals surface area contributed by atoms with E-state index >= 15 is 0 Å². The van der Waals surface area contributed by atoms with E-state index in [1.165, 1.54) is 12.0 Å². The van der Waals surface area contributed by atoms with Crippen LogP contribution >= 0.6 is 11.6 Å². The molecular weight excluding hydrogens is 282 g/mol. The summed E-state index contributed by atoms with van der Waals surface area (Å²) in [7, 11) is 1.26. The average Bonchev–Trinajstić information content (AvgIpc) is 2.79. The molecule has 2 rings (SSSR count). The third kappa shape index (κ3) is 2.78. The number of β-amino-alcohol motifs (C(OH)–C–C–N with tert-alkyl or cyclic N) is 1. The minimum Gasteiger partial charge on any atom is -0.467 e. The van der Waals surface area contributed by atoms with E-state index in [0.29, 0.717) is 10.6 Å². The Hall–Kier alpha value is -1.59. The number of esters is 1. The predicted octanol–water partition coefficient (Wildman–Crippen LogP) is 1.40. The standard InChI is InChI=1S/C14H16ClNO4/c1-8-3-4-10(11(15)5-8)13(18)16-7-9(17)6-12(16)14(19)20-2/h3-5,9,12,17H,6-7H2,1-2H3. The van der Waals surface area contributed by atoms with Gasteiger partial charge >= 0.3 is 5.97 Å². The van der Waals surface area contributed by atoms with Crippen LogP contribution in [0.1, 0.15) is 22.3 Å². The SMILES string of the molecule is COC(=O)C1CC(O)CN1C(=O)c1ccc(C)cc1Cl. The number of methoxy groups -OCH3 is 1. The summed E-state index contributed by atoms with van der Waals surface area (Å²) in [6, 6.07) is 4.33. The van der Waals surface area contributed by atoms with Gasteiger partial charge in [-0.1, -0.05) is 17.7 Å². The first kappa shape index (κ1) is 14.8. The Bertz CT molecular complexity index is 546. The van der Waals surface area contributed by atoms with E-state index in [1.807, 2.05) is 6.92 Å². The van der Waals surface area contributed by atoms with Gasteiger partial charge in [-0.3, -0.25) is 4.79 Å². The number of halogens is 1. The van der Waals surface area contributed by atoms with Crippen LogP contribution in [-0.4, -0.2) is 47.7 Å². The van der Waals surface area contributed by atoms with Crippen molar-refractivity contribution in [2.24, 2.45) is 0 Å². The van der Waals surface area contributed by atoms with E-state index in [2.05, 4.69) is 4.74 Å². The summed E-state index contributed by atoms with van der Waals surface area (Å²) in [5.74, 6) is -0.903. The van der Waals surface area contributed by atoms with Crippen LogP contribution in [0.25, 0.3) is 0 Å². The fourth-order valence-corrected chi connectivity index (χ4v) is 2.66. The second-order valence-corrected chi connectivity index (χ2v) is 5.28. The van der Waals surface area contributed by atoms with Crippen molar-refractivity contribution in [2.45, 2.75) is 25.5 Å². The van der Waals surface area contributed by atoms with Gasteiger partial charge in [-0.2, -0.15) is 0 Å². The van der Waals surface area contributed by atoms with Crippen LogP contribution in [-0.2, 0) is 9.53 Å². The summed E-state index contributed by atoms with van der Waals surface area (Å²) in [6.07, 6.45) is -0.547. The zero-order valence-corrected chi connectivity index (χ0v) is 12.1. The largest absolute Gasteiger partial charge is 0.467 e. The molecule has 2 atom stereocenters. The summed E-state index contributed by atoms with van der Waals surface area (Å²) in [5, 5.41) is 10.0. The lowest BCUT2D eigenvalue weighted by molar-refractivity contribution is -0.145. The Labute approximate surface area is 122 Å². The molecule has 20 heavy (non-hydrogen) atoms. The molecule has 0 bridgehead atoms. The van der Waals surface area contributed by atoms with Gasteiger partial charge < -0.3 is 14.7 Å². The summed E-state index contributed by atoms with van der Waals surface area (Å²) < 4.78 is 4.67. The van der Waals surface area contributed by atoms with E-state index in [9.17, 15) is 14.7 Å². The first-order valence-electron chi connectivity index (χ1n) is 6.27. The van der Waals surface area contributed by atoms with Gasteiger partial charge in [0.25, 0.3) is 5.91 Å². The van der Waals surface area contributed by atoms with Crippen molar-refractivity contribution < 1.29 is 19.4 Å². The number of carbonyl (C=O) groups is 2. The molecule has 5 nitrogen and oxygen atoms in total. The van der Waals surface area contributed by atoms with Crippen LogP contribution in [0.5, 0.6) is 0 Å². The number of amides is 1. The zero-order valence-electron chi connectivity index (χ0n) is 11.3. The summed E-state index contributed by atoms with van der Waals surface area (Å²) in [6.45, 7) is 1.97. The first-order chi connectivity index (χ1) is 9.43. The van der Waals surface area contributed by atoms with Crippen molar-refractivity contribution in [2.75, 3.05) is 13.7 Å². The molecular formula is C14H16ClNO4. The normalized spacial score (nSPS) is 21.9. The van der Waals surface area contributed by atoms with Gasteiger partial charge in [0.05, 0.1) is 23.8 Å². The number of carbonyl (C=O) groups excluding carboxylic acids is 2. The van der Waals surface area contributed by atoms with Crippen LogP contribution in [0.3, 0.4) is 0 Å². The number of hydrogen-bond acceptors (Lipinski definition) is 4. The van der Waals surface area contributed by atoms with E-state index in [-0.39, 0.29) is 18.9 Å². The zero-order chi connectivity index (χ0) is 14.9. The number of hydrogen-bond donors (Lipinski definition) is 1. The maximum Gasteiger partial charge on any atom is 0.328 e. The van der Waals surface area contributed by atoms with E-state index < -0.39 is 18.1 Å². The highest BCUT2D eigenvalue weighted by atomic mass is 35.5. The molecule has 1 N–H and O–H groups in total. The predicted molar refractivity (Wildman–Crippen MR) is 73.7 cm³/mol. The quantitative estimate of drug-likeness (QED) is 0.838. The Balaban J connectivity index is 2.29. The number of aliphatic hydroxyl groups excluding tert-OH is 1. The summed E-state index contributed by atoms with van der Waals surface area (Å²) >= 11 is 6.07. The molecule has 0 aliphatic carbocycles. The Morgan fingerprint density at radius 3 is 2.75 bits per heavy atom. The number of aliphatic hydroxyl groups is 1. The molecule has 2 unspecified atom stereocenters. The molecule has 108 valence electrons. The second-order valence-electron chi connectivity index (χ2n) is 4.87. The lowest BCUT2D eigenvalue weighted by atomic mass is 10.1. The van der Waals surface area contributed by atoms with Gasteiger partial charge in [0, 0.05) is 13.0 Å². The van der Waals surface area contributed by atoms with Crippen molar-refractivity contribution in [3.63, 3.8) is 0 Å². The topological polar surface area (TPSA) is 66.8 Å². The molecule has 1 fully saturated rings. The van der Waals surface area contributed by atoms with Crippen molar-refractivity contribution in [3.8, 4) is 0 Å². The van der Waals surface area contributed by atoms with Gasteiger partial charge in [-0.15, -0.1) is 0 Å². The Kier molecular flexibility index (Phi) is 4.30. The Morgan fingerprint density at radius 1 is 1.45 bits per heavy atom. The van der Waals surface area contributed by atoms with Crippen LogP contribution in [0.4, 0.5) is 0 Å². The molecule has 1 aromatic rings. The van der Waals surface area contributed by atoms with Crippen LogP contribution in [0, 0.1) is 6.92 Å². The molecule has 1 heterocycles. The smallest absolute Gasteiger partial charge is 0.328 e. The maximum absolute atomic E-state index is 12.5. The van der Waals surface area contributed by atoms with Gasteiger partial charge in [0.15, 0.2) is 0 Å². The number of nitrogens with zero attached hydrogens (tertiary/aromatic N) is 1. The molecule has 0 spiro atoms. The summed E-state index contributed by atoms with van der Waals surface area (Å²) in [4.78, 5) is 25.5. The molecule has 0 aromatic heterocycles. The fraction of sp³-hybridized carbons (Fsp3) is 0.429. The minimum atomic E-state index is -0.764. The molecule has 1 aromatic carbocycles. The number of aryl methyl sites for hydroxylation is 1. The third-order valence-corrected chi connectivity index (χ3v) is 3.68. The molecule has 0 saturated carbocycles. The van der Waals surface area contributed by atoms with Gasteiger partial charge in [-0.05, 0) is 24.6 Å². The average molecular weight is 298 g/mol.